The van der Waals surface area contributed by atoms with Crippen molar-refractivity contribution in [1.82, 2.24) is 5.32 Å². The van der Waals surface area contributed by atoms with Crippen LogP contribution >= 0.6 is 0 Å². The van der Waals surface area contributed by atoms with Gasteiger partial charge in [0.15, 0.2) is 0 Å². The Morgan fingerprint density at radius 1 is 1.47 bits per heavy atom. The summed E-state index contributed by atoms with van der Waals surface area (Å²) in [6.07, 6.45) is 1.98. The molecular formula is C11H21NO3. The molecule has 2 unspecified atom stereocenters. The molecule has 1 saturated heterocycles. The lowest BCUT2D eigenvalue weighted by molar-refractivity contribution is -0.149. The Morgan fingerprint density at radius 3 is 2.93 bits per heavy atom. The molecule has 0 amide bonds. The maximum atomic E-state index is 11.7. The molecule has 0 aromatic rings. The highest BCUT2D eigenvalue weighted by Crippen LogP contribution is 2.15. The summed E-state index contributed by atoms with van der Waals surface area (Å²) < 4.78 is 10.5. The first-order valence-corrected chi connectivity index (χ1v) is 5.77. The van der Waals surface area contributed by atoms with Gasteiger partial charge in [0, 0.05) is 6.04 Å². The molecular weight excluding hydrogens is 194 g/mol. The minimum Gasteiger partial charge on any atom is -0.465 e. The quantitative estimate of drug-likeness (QED) is 0.529. The van der Waals surface area contributed by atoms with Crippen molar-refractivity contribution >= 4 is 5.97 Å². The zero-order valence-electron chi connectivity index (χ0n) is 9.62. The fourth-order valence-corrected chi connectivity index (χ4v) is 1.67. The molecule has 0 aliphatic carbocycles. The second-order valence-corrected chi connectivity index (χ2v) is 3.83. The van der Waals surface area contributed by atoms with E-state index in [0.29, 0.717) is 19.8 Å². The number of esters is 1. The van der Waals surface area contributed by atoms with Crippen LogP contribution < -0.4 is 5.32 Å². The fourth-order valence-electron chi connectivity index (χ4n) is 1.67. The molecule has 1 aliphatic rings. The summed E-state index contributed by atoms with van der Waals surface area (Å²) in [7, 11) is 0. The van der Waals surface area contributed by atoms with Crippen molar-refractivity contribution in [3.05, 3.63) is 0 Å². The Hall–Kier alpha value is -0.610. The first-order chi connectivity index (χ1) is 7.29. The zero-order chi connectivity index (χ0) is 11.1. The number of nitrogens with one attached hydrogen (secondary N) is 1. The Balaban J connectivity index is 2.30. The van der Waals surface area contributed by atoms with Gasteiger partial charge in [-0.1, -0.05) is 20.3 Å². The predicted molar refractivity (Wildman–Crippen MR) is 57.6 cm³/mol. The highest BCUT2D eigenvalue weighted by Gasteiger charge is 2.34. The Kier molecular flexibility index (Phi) is 5.65. The molecule has 0 spiro atoms. The second kappa shape index (κ2) is 6.80. The summed E-state index contributed by atoms with van der Waals surface area (Å²) in [5.74, 6) is -0.242. The lowest BCUT2D eigenvalue weighted by Crippen LogP contribution is -2.39. The second-order valence-electron chi connectivity index (χ2n) is 3.83. The number of likely N-dealkylation sites (N-methyl/N-ethyl adjacent to an activating group) is 1. The first-order valence-electron chi connectivity index (χ1n) is 5.77. The number of carbonyl (C=O) groups excluding carboxylic acids is 1. The Morgan fingerprint density at radius 2 is 2.27 bits per heavy atom. The third-order valence-electron chi connectivity index (χ3n) is 2.59. The van der Waals surface area contributed by atoms with Gasteiger partial charge in [-0.15, -0.1) is 0 Å². The summed E-state index contributed by atoms with van der Waals surface area (Å²) >= 11 is 0. The number of carbonyl (C=O) groups is 1. The normalized spacial score (nSPS) is 25.5. The van der Waals surface area contributed by atoms with Crippen molar-refractivity contribution in [3.8, 4) is 0 Å². The summed E-state index contributed by atoms with van der Waals surface area (Å²) in [6, 6.07) is 0.129. The van der Waals surface area contributed by atoms with Crippen LogP contribution in [0.3, 0.4) is 0 Å². The third-order valence-corrected chi connectivity index (χ3v) is 2.59. The minimum atomic E-state index is -0.123. The molecule has 1 heterocycles. The number of ether oxygens (including phenoxy) is 2. The lowest BCUT2D eigenvalue weighted by atomic mass is 10.0. The maximum Gasteiger partial charge on any atom is 0.312 e. The molecule has 1 rings (SSSR count). The standard InChI is InChI=1S/C11H21NO3/c1-3-5-6-15-11(13)9-7-14-8-10(9)12-4-2/h9-10,12H,3-8H2,1-2H3. The van der Waals surface area contributed by atoms with E-state index in [9.17, 15) is 4.79 Å². The van der Waals surface area contributed by atoms with E-state index in [1.54, 1.807) is 0 Å². The number of hydrogen-bond acceptors (Lipinski definition) is 4. The highest BCUT2D eigenvalue weighted by molar-refractivity contribution is 5.73. The molecule has 0 aromatic heterocycles. The summed E-state index contributed by atoms with van der Waals surface area (Å²) in [4.78, 5) is 11.7. The maximum absolute atomic E-state index is 11.7. The van der Waals surface area contributed by atoms with Crippen LogP contribution in [-0.2, 0) is 14.3 Å². The molecule has 0 aromatic carbocycles. The fraction of sp³-hybridized carbons (Fsp3) is 0.909. The predicted octanol–water partition coefficient (Wildman–Crippen LogP) is 0.954. The minimum absolute atomic E-state index is 0.119. The van der Waals surface area contributed by atoms with Gasteiger partial charge in [-0.05, 0) is 13.0 Å². The van der Waals surface area contributed by atoms with E-state index in [1.807, 2.05) is 6.92 Å². The van der Waals surface area contributed by atoms with Crippen LogP contribution in [-0.4, -0.2) is 38.4 Å². The van der Waals surface area contributed by atoms with Crippen molar-refractivity contribution in [2.45, 2.75) is 32.7 Å². The van der Waals surface area contributed by atoms with Gasteiger partial charge in [-0.3, -0.25) is 4.79 Å². The lowest BCUT2D eigenvalue weighted by Gasteiger charge is -2.16. The number of hydrogen-bond donors (Lipinski definition) is 1. The SMILES string of the molecule is CCCCOC(=O)C1COCC1NCC. The molecule has 4 heteroatoms. The van der Waals surface area contributed by atoms with Crippen LogP contribution in [0, 0.1) is 5.92 Å². The third kappa shape index (κ3) is 3.80. The van der Waals surface area contributed by atoms with E-state index in [-0.39, 0.29) is 17.9 Å². The molecule has 1 N–H and O–H groups in total. The van der Waals surface area contributed by atoms with E-state index >= 15 is 0 Å². The molecule has 2 atom stereocenters. The zero-order valence-corrected chi connectivity index (χ0v) is 9.62. The van der Waals surface area contributed by atoms with Gasteiger partial charge in [0.05, 0.1) is 25.7 Å². The molecule has 4 nitrogen and oxygen atoms in total. The van der Waals surface area contributed by atoms with Crippen molar-refractivity contribution in [2.75, 3.05) is 26.4 Å². The van der Waals surface area contributed by atoms with Crippen molar-refractivity contribution in [1.29, 1.82) is 0 Å². The van der Waals surface area contributed by atoms with Gasteiger partial charge in [-0.2, -0.15) is 0 Å². The molecule has 88 valence electrons. The molecule has 15 heavy (non-hydrogen) atoms. The van der Waals surface area contributed by atoms with Gasteiger partial charge >= 0.3 is 5.97 Å². The molecule has 1 aliphatic heterocycles. The first kappa shape index (κ1) is 12.5. The summed E-state index contributed by atoms with van der Waals surface area (Å²) in [6.45, 7) is 6.59. The number of unbranched alkanes of at least 4 members (excludes halogenated alkanes) is 1. The Bertz CT molecular complexity index is 196. The van der Waals surface area contributed by atoms with Gasteiger partial charge in [0.25, 0.3) is 0 Å². The van der Waals surface area contributed by atoms with Gasteiger partial charge in [0.2, 0.25) is 0 Å². The molecule has 0 saturated carbocycles. The van der Waals surface area contributed by atoms with Crippen LogP contribution in [0.4, 0.5) is 0 Å². The molecule has 0 bridgehead atoms. The van der Waals surface area contributed by atoms with Gasteiger partial charge in [0.1, 0.15) is 0 Å². The Labute approximate surface area is 91.3 Å². The van der Waals surface area contributed by atoms with E-state index in [1.165, 1.54) is 0 Å². The van der Waals surface area contributed by atoms with Crippen molar-refractivity contribution in [2.24, 2.45) is 5.92 Å². The smallest absolute Gasteiger partial charge is 0.312 e. The van der Waals surface area contributed by atoms with E-state index in [4.69, 9.17) is 9.47 Å². The molecule has 0 radical (unpaired) electrons. The van der Waals surface area contributed by atoms with Crippen LogP contribution in [0.15, 0.2) is 0 Å². The van der Waals surface area contributed by atoms with E-state index < -0.39 is 0 Å². The topological polar surface area (TPSA) is 47.6 Å². The van der Waals surface area contributed by atoms with Crippen molar-refractivity contribution < 1.29 is 14.3 Å². The largest absolute Gasteiger partial charge is 0.465 e. The van der Waals surface area contributed by atoms with Crippen LogP contribution in [0.25, 0.3) is 0 Å². The average Bonchev–Trinajstić information content (AvgIpc) is 2.67. The highest BCUT2D eigenvalue weighted by atomic mass is 16.5. The molecule has 1 fully saturated rings. The van der Waals surface area contributed by atoms with E-state index in [2.05, 4.69) is 12.2 Å². The van der Waals surface area contributed by atoms with Crippen LogP contribution in [0.1, 0.15) is 26.7 Å². The van der Waals surface area contributed by atoms with Gasteiger partial charge < -0.3 is 14.8 Å². The number of rotatable bonds is 6. The van der Waals surface area contributed by atoms with Crippen molar-refractivity contribution in [3.63, 3.8) is 0 Å². The summed E-state index contributed by atoms with van der Waals surface area (Å²) in [5, 5.41) is 3.24. The van der Waals surface area contributed by atoms with Crippen LogP contribution in [0.5, 0.6) is 0 Å². The summed E-state index contributed by atoms with van der Waals surface area (Å²) in [5.41, 5.74) is 0. The average molecular weight is 215 g/mol. The van der Waals surface area contributed by atoms with Gasteiger partial charge in [-0.25, -0.2) is 0 Å². The van der Waals surface area contributed by atoms with Crippen LogP contribution in [0.2, 0.25) is 0 Å². The monoisotopic (exact) mass is 215 g/mol. The van der Waals surface area contributed by atoms with E-state index in [0.717, 1.165) is 19.4 Å².